The number of unbranched alkanes of at least 4 members (excludes halogenated alkanes) is 1. The maximum absolute atomic E-state index is 13.2. The predicted molar refractivity (Wildman–Crippen MR) is 111 cm³/mol. The van der Waals surface area contributed by atoms with Crippen LogP contribution in [0.1, 0.15) is 69.7 Å². The molecule has 1 atom stereocenters. The average molecular weight is 364 g/mol. The van der Waals surface area contributed by atoms with Gasteiger partial charge in [0, 0.05) is 0 Å². The Morgan fingerprint density at radius 2 is 1.70 bits per heavy atom. The molecule has 1 heterocycles. The molecular formula is C24H29NO2. The van der Waals surface area contributed by atoms with Crippen LogP contribution in [0.5, 0.6) is 0 Å². The number of carbonyl (C=O) groups excluding carboxylic acids is 1. The summed E-state index contributed by atoms with van der Waals surface area (Å²) in [6.45, 7) is 7.92. The van der Waals surface area contributed by atoms with E-state index in [-0.39, 0.29) is 12.1 Å². The molecule has 0 radical (unpaired) electrons. The number of hydrogen-bond acceptors (Lipinski definition) is 2. The van der Waals surface area contributed by atoms with Crippen molar-refractivity contribution < 1.29 is 9.53 Å². The van der Waals surface area contributed by atoms with Crippen LogP contribution in [-0.2, 0) is 4.74 Å². The lowest BCUT2D eigenvalue weighted by Gasteiger charge is -2.39. The maximum atomic E-state index is 13.2. The Morgan fingerprint density at radius 3 is 2.37 bits per heavy atom. The van der Waals surface area contributed by atoms with Crippen molar-refractivity contribution >= 4 is 17.9 Å². The van der Waals surface area contributed by atoms with Crippen molar-refractivity contribution in [3.63, 3.8) is 0 Å². The number of rotatable bonds is 4. The minimum Gasteiger partial charge on any atom is -0.443 e. The SMILES string of the molecule is CCCCC1c2ccccc2C=C(c2ccccc2)N1C(=O)OC(C)(C)C. The summed E-state index contributed by atoms with van der Waals surface area (Å²) in [7, 11) is 0. The molecule has 1 amide bonds. The summed E-state index contributed by atoms with van der Waals surface area (Å²) in [5.41, 5.74) is 3.77. The van der Waals surface area contributed by atoms with Gasteiger partial charge < -0.3 is 4.74 Å². The topological polar surface area (TPSA) is 29.5 Å². The molecule has 0 bridgehead atoms. The minimum absolute atomic E-state index is 0.0174. The number of amides is 1. The van der Waals surface area contributed by atoms with Crippen molar-refractivity contribution in [1.82, 2.24) is 4.90 Å². The molecule has 27 heavy (non-hydrogen) atoms. The second-order valence-corrected chi connectivity index (χ2v) is 8.03. The van der Waals surface area contributed by atoms with Gasteiger partial charge in [-0.1, -0.05) is 74.4 Å². The fourth-order valence-electron chi connectivity index (χ4n) is 3.52. The molecule has 3 nitrogen and oxygen atoms in total. The van der Waals surface area contributed by atoms with Crippen LogP contribution in [0, 0.1) is 0 Å². The lowest BCUT2D eigenvalue weighted by Crippen LogP contribution is -2.39. The summed E-state index contributed by atoms with van der Waals surface area (Å²) in [4.78, 5) is 15.1. The van der Waals surface area contributed by atoms with E-state index < -0.39 is 5.60 Å². The van der Waals surface area contributed by atoms with Gasteiger partial charge in [0.15, 0.2) is 0 Å². The quantitative estimate of drug-likeness (QED) is 0.607. The van der Waals surface area contributed by atoms with Crippen molar-refractivity contribution in [3.05, 3.63) is 71.3 Å². The van der Waals surface area contributed by atoms with Crippen LogP contribution < -0.4 is 0 Å². The third-order valence-electron chi connectivity index (χ3n) is 4.71. The van der Waals surface area contributed by atoms with Gasteiger partial charge in [0.1, 0.15) is 5.60 Å². The Hall–Kier alpha value is -2.55. The third-order valence-corrected chi connectivity index (χ3v) is 4.71. The number of carbonyl (C=O) groups is 1. The molecular weight excluding hydrogens is 334 g/mol. The Labute approximate surface area is 162 Å². The molecule has 2 aromatic carbocycles. The van der Waals surface area contributed by atoms with E-state index in [9.17, 15) is 4.79 Å². The van der Waals surface area contributed by atoms with Gasteiger partial charge in [0.25, 0.3) is 0 Å². The fourth-order valence-corrected chi connectivity index (χ4v) is 3.52. The van der Waals surface area contributed by atoms with Gasteiger partial charge in [0.2, 0.25) is 0 Å². The maximum Gasteiger partial charge on any atom is 0.415 e. The van der Waals surface area contributed by atoms with Gasteiger partial charge in [-0.3, -0.25) is 4.90 Å². The van der Waals surface area contributed by atoms with E-state index in [0.717, 1.165) is 30.5 Å². The van der Waals surface area contributed by atoms with Gasteiger partial charge in [0.05, 0.1) is 11.7 Å². The van der Waals surface area contributed by atoms with Crippen molar-refractivity contribution in [2.45, 2.75) is 58.6 Å². The van der Waals surface area contributed by atoms with Crippen molar-refractivity contribution in [3.8, 4) is 0 Å². The molecule has 0 saturated carbocycles. The Morgan fingerprint density at radius 1 is 1.04 bits per heavy atom. The zero-order chi connectivity index (χ0) is 19.4. The van der Waals surface area contributed by atoms with Crippen LogP contribution >= 0.6 is 0 Å². The molecule has 142 valence electrons. The highest BCUT2D eigenvalue weighted by Gasteiger charge is 2.35. The first-order chi connectivity index (χ1) is 12.9. The minimum atomic E-state index is -0.537. The van der Waals surface area contributed by atoms with E-state index in [0.29, 0.717) is 0 Å². The van der Waals surface area contributed by atoms with Crippen LogP contribution in [0.25, 0.3) is 11.8 Å². The van der Waals surface area contributed by atoms with E-state index >= 15 is 0 Å². The van der Waals surface area contributed by atoms with E-state index in [4.69, 9.17) is 4.74 Å². The van der Waals surface area contributed by atoms with Gasteiger partial charge in [-0.25, -0.2) is 4.79 Å². The van der Waals surface area contributed by atoms with Gasteiger partial charge >= 0.3 is 6.09 Å². The Balaban J connectivity index is 2.12. The second-order valence-electron chi connectivity index (χ2n) is 8.03. The Bertz CT molecular complexity index is 818. The van der Waals surface area contributed by atoms with Crippen LogP contribution in [0.15, 0.2) is 54.6 Å². The number of ether oxygens (including phenoxy) is 1. The van der Waals surface area contributed by atoms with E-state index in [1.165, 1.54) is 11.1 Å². The van der Waals surface area contributed by atoms with Crippen LogP contribution in [0.2, 0.25) is 0 Å². The normalized spacial score (nSPS) is 16.5. The zero-order valence-corrected chi connectivity index (χ0v) is 16.7. The standard InChI is InChI=1S/C24H29NO2/c1-5-6-16-21-20-15-11-10-14-19(20)17-22(18-12-8-7-9-13-18)25(21)23(26)27-24(2,3)4/h7-15,17,21H,5-6,16H2,1-4H3. The van der Waals surface area contributed by atoms with Gasteiger partial charge in [-0.2, -0.15) is 0 Å². The van der Waals surface area contributed by atoms with Crippen LogP contribution in [0.3, 0.4) is 0 Å². The Kier molecular flexibility index (Phi) is 5.69. The zero-order valence-electron chi connectivity index (χ0n) is 16.7. The number of fused-ring (bicyclic) bond motifs is 1. The van der Waals surface area contributed by atoms with E-state index in [1.807, 2.05) is 62.1 Å². The molecule has 3 rings (SSSR count). The first kappa shape index (κ1) is 19.2. The largest absolute Gasteiger partial charge is 0.443 e. The fraction of sp³-hybridized carbons (Fsp3) is 0.375. The molecule has 3 heteroatoms. The van der Waals surface area contributed by atoms with Crippen LogP contribution in [0.4, 0.5) is 4.79 Å². The molecule has 0 aliphatic carbocycles. The third kappa shape index (κ3) is 4.41. The molecule has 0 saturated heterocycles. The first-order valence-electron chi connectivity index (χ1n) is 9.79. The number of hydrogen-bond donors (Lipinski definition) is 0. The summed E-state index contributed by atoms with van der Waals surface area (Å²) in [6, 6.07) is 18.4. The monoisotopic (exact) mass is 363 g/mol. The van der Waals surface area contributed by atoms with E-state index in [2.05, 4.69) is 31.2 Å². The highest BCUT2D eigenvalue weighted by molar-refractivity contribution is 5.92. The first-order valence-corrected chi connectivity index (χ1v) is 9.79. The van der Waals surface area contributed by atoms with Crippen LogP contribution in [-0.4, -0.2) is 16.6 Å². The van der Waals surface area contributed by atoms with Crippen molar-refractivity contribution in [1.29, 1.82) is 0 Å². The highest BCUT2D eigenvalue weighted by atomic mass is 16.6. The average Bonchev–Trinajstić information content (AvgIpc) is 2.64. The molecule has 2 aromatic rings. The second kappa shape index (κ2) is 7.99. The molecule has 1 aliphatic heterocycles. The molecule has 0 aromatic heterocycles. The predicted octanol–water partition coefficient (Wildman–Crippen LogP) is 6.67. The summed E-state index contributed by atoms with van der Waals surface area (Å²) in [6.07, 6.45) is 4.88. The number of benzene rings is 2. The number of nitrogens with zero attached hydrogens (tertiary/aromatic N) is 1. The molecule has 0 N–H and O–H groups in total. The summed E-state index contributed by atoms with van der Waals surface area (Å²) >= 11 is 0. The summed E-state index contributed by atoms with van der Waals surface area (Å²) < 4.78 is 5.80. The van der Waals surface area contributed by atoms with Crippen molar-refractivity contribution in [2.75, 3.05) is 0 Å². The molecule has 1 unspecified atom stereocenters. The van der Waals surface area contributed by atoms with Gasteiger partial charge in [-0.15, -0.1) is 0 Å². The molecule has 0 spiro atoms. The van der Waals surface area contributed by atoms with E-state index in [1.54, 1.807) is 0 Å². The van der Waals surface area contributed by atoms with Crippen molar-refractivity contribution in [2.24, 2.45) is 0 Å². The summed E-state index contributed by atoms with van der Waals surface area (Å²) in [5, 5.41) is 0. The lowest BCUT2D eigenvalue weighted by molar-refractivity contribution is 0.0279. The summed E-state index contributed by atoms with van der Waals surface area (Å²) in [5.74, 6) is 0. The smallest absolute Gasteiger partial charge is 0.415 e. The highest BCUT2D eigenvalue weighted by Crippen LogP contribution is 2.41. The molecule has 0 fully saturated rings. The lowest BCUT2D eigenvalue weighted by atomic mass is 9.89. The van der Waals surface area contributed by atoms with Gasteiger partial charge in [-0.05, 0) is 50.0 Å². The molecule has 1 aliphatic rings.